The van der Waals surface area contributed by atoms with Gasteiger partial charge in [-0.3, -0.25) is 15.2 Å². The molecule has 2 fully saturated rings. The zero-order valence-corrected chi connectivity index (χ0v) is 21.3. The van der Waals surface area contributed by atoms with Crippen molar-refractivity contribution in [2.75, 3.05) is 18.0 Å². The predicted molar refractivity (Wildman–Crippen MR) is 134 cm³/mol. The van der Waals surface area contributed by atoms with Crippen molar-refractivity contribution < 1.29 is 19.1 Å². The average molecular weight is 510 g/mol. The summed E-state index contributed by atoms with van der Waals surface area (Å²) >= 11 is 0. The van der Waals surface area contributed by atoms with E-state index in [1.165, 1.54) is 16.9 Å². The first-order valence-electron chi connectivity index (χ1n) is 12.7. The number of aromatic carboxylic acids is 1. The minimum absolute atomic E-state index is 0.0307. The number of aromatic nitrogens is 4. The van der Waals surface area contributed by atoms with Gasteiger partial charge in [0.1, 0.15) is 17.2 Å². The van der Waals surface area contributed by atoms with Gasteiger partial charge in [0.15, 0.2) is 5.65 Å². The van der Waals surface area contributed by atoms with Crippen LogP contribution in [0, 0.1) is 11.2 Å². The van der Waals surface area contributed by atoms with Crippen molar-refractivity contribution in [3.05, 3.63) is 53.4 Å². The molecule has 1 unspecified atom stereocenters. The number of rotatable bonds is 8. The van der Waals surface area contributed by atoms with E-state index < -0.39 is 17.2 Å². The number of fused-ring (bicyclic) bond motifs is 1. The second kappa shape index (κ2) is 9.70. The van der Waals surface area contributed by atoms with Gasteiger partial charge in [-0.15, -0.1) is 0 Å². The van der Waals surface area contributed by atoms with Gasteiger partial charge in [-0.1, -0.05) is 20.8 Å². The minimum Gasteiger partial charge on any atom is -0.477 e. The number of nitrogens with one attached hydrogen (secondary N) is 1. The number of carbonyl (C=O) groups is 2. The topological polar surface area (TPSA) is 116 Å². The molecule has 2 N–H and O–H groups in total. The quantitative estimate of drug-likeness (QED) is 0.444. The van der Waals surface area contributed by atoms with Crippen LogP contribution < -0.4 is 10.3 Å². The Bertz CT molecular complexity index is 1330. The molecule has 11 heteroatoms. The maximum absolute atomic E-state index is 14.4. The Labute approximate surface area is 214 Å². The molecule has 10 nitrogen and oxygen atoms in total. The zero-order valence-electron chi connectivity index (χ0n) is 21.3. The summed E-state index contributed by atoms with van der Waals surface area (Å²) in [6, 6.07) is 3.50. The van der Waals surface area contributed by atoms with Gasteiger partial charge in [0.25, 0.3) is 0 Å². The van der Waals surface area contributed by atoms with E-state index in [1.54, 1.807) is 18.3 Å². The van der Waals surface area contributed by atoms with Gasteiger partial charge in [-0.25, -0.2) is 23.7 Å². The van der Waals surface area contributed by atoms with Crippen molar-refractivity contribution in [1.29, 1.82) is 0 Å². The number of halogens is 1. The van der Waals surface area contributed by atoms with Gasteiger partial charge in [0, 0.05) is 42.9 Å². The summed E-state index contributed by atoms with van der Waals surface area (Å²) in [5.41, 5.74) is 4.45. The highest BCUT2D eigenvalue weighted by atomic mass is 19.1. The molecule has 0 radical (unpaired) electrons. The van der Waals surface area contributed by atoms with Crippen LogP contribution in [0.4, 0.5) is 10.2 Å². The van der Waals surface area contributed by atoms with Crippen molar-refractivity contribution in [3.63, 3.8) is 0 Å². The molecule has 1 aliphatic heterocycles. The van der Waals surface area contributed by atoms with Crippen molar-refractivity contribution >= 4 is 23.3 Å². The van der Waals surface area contributed by atoms with E-state index >= 15 is 0 Å². The van der Waals surface area contributed by atoms with Crippen LogP contribution >= 0.6 is 0 Å². The fourth-order valence-electron chi connectivity index (χ4n) is 4.76. The lowest BCUT2D eigenvalue weighted by atomic mass is 9.96. The molecule has 1 atom stereocenters. The fraction of sp³-hybridized carbons (Fsp3) is 0.500. The molecular weight excluding hydrogens is 477 g/mol. The number of anilines is 1. The second-order valence-corrected chi connectivity index (χ2v) is 10.8. The number of hydrogen-bond acceptors (Lipinski definition) is 7. The molecular formula is C26H32FN7O3. The Morgan fingerprint density at radius 1 is 1.24 bits per heavy atom. The summed E-state index contributed by atoms with van der Waals surface area (Å²) < 4.78 is 15.9. The lowest BCUT2D eigenvalue weighted by Gasteiger charge is -2.29. The molecule has 1 saturated carbocycles. The maximum Gasteiger partial charge on any atom is 0.341 e. The molecule has 0 spiro atoms. The first-order chi connectivity index (χ1) is 17.6. The number of amides is 1. The zero-order chi connectivity index (χ0) is 26.3. The molecule has 0 bridgehead atoms. The van der Waals surface area contributed by atoms with Crippen LogP contribution in [0.5, 0.6) is 0 Å². The molecule has 1 saturated heterocycles. The fourth-order valence-corrected chi connectivity index (χ4v) is 4.76. The first kappa shape index (κ1) is 25.1. The minimum atomic E-state index is -1.09. The van der Waals surface area contributed by atoms with Crippen molar-refractivity contribution in [2.24, 2.45) is 5.41 Å². The molecule has 3 aromatic heterocycles. The van der Waals surface area contributed by atoms with Gasteiger partial charge >= 0.3 is 5.97 Å². The Morgan fingerprint density at radius 2 is 2.03 bits per heavy atom. The Morgan fingerprint density at radius 3 is 2.73 bits per heavy atom. The van der Waals surface area contributed by atoms with Crippen molar-refractivity contribution in [3.8, 4) is 0 Å². The number of hydrogen-bond donors (Lipinski definition) is 2. The Kier molecular flexibility index (Phi) is 6.57. The van der Waals surface area contributed by atoms with E-state index in [-0.39, 0.29) is 23.2 Å². The number of nitrogens with zero attached hydrogens (tertiary/aromatic N) is 6. The largest absolute Gasteiger partial charge is 0.477 e. The van der Waals surface area contributed by atoms with E-state index in [0.717, 1.165) is 36.9 Å². The van der Waals surface area contributed by atoms with Crippen LogP contribution in [0.15, 0.2) is 30.7 Å². The molecule has 0 aromatic carbocycles. The molecule has 4 heterocycles. The van der Waals surface area contributed by atoms with E-state index in [0.29, 0.717) is 31.4 Å². The van der Waals surface area contributed by atoms with Crippen molar-refractivity contribution in [2.45, 2.75) is 65.0 Å². The molecule has 196 valence electrons. The monoisotopic (exact) mass is 509 g/mol. The summed E-state index contributed by atoms with van der Waals surface area (Å²) in [6.07, 6.45) is 8.51. The van der Waals surface area contributed by atoms with E-state index in [2.05, 4.69) is 25.4 Å². The number of pyridine rings is 1. The van der Waals surface area contributed by atoms with Gasteiger partial charge < -0.3 is 10.0 Å². The summed E-state index contributed by atoms with van der Waals surface area (Å²) in [5, 5.41) is 15.5. The van der Waals surface area contributed by atoms with E-state index in [9.17, 15) is 19.1 Å². The van der Waals surface area contributed by atoms with Crippen LogP contribution in [0.3, 0.4) is 0 Å². The number of carbonyl (C=O) groups excluding carboxylic acids is 1. The van der Waals surface area contributed by atoms with Crippen LogP contribution in [0.1, 0.15) is 74.1 Å². The van der Waals surface area contributed by atoms with Gasteiger partial charge in [-0.2, -0.15) is 5.10 Å². The van der Waals surface area contributed by atoms with Crippen LogP contribution in [0.2, 0.25) is 0 Å². The second-order valence-electron chi connectivity index (χ2n) is 10.8. The third-order valence-corrected chi connectivity index (χ3v) is 6.96. The van der Waals surface area contributed by atoms with E-state index in [4.69, 9.17) is 0 Å². The molecule has 2 aliphatic rings. The van der Waals surface area contributed by atoms with Crippen LogP contribution in [0.25, 0.3) is 5.65 Å². The number of hydrazine groups is 1. The standard InChI is InChI=1S/C26H32FN7O3/c1-26(2,3)25(37)31-33(17-6-7-17)11-8-20-18(13-16(27)14-28-20)21-5-4-10-32(21)22-9-12-34-23(30-22)19(15-29-34)24(35)36/h9,12-15,17,21H,4-8,10-11H2,1-3H3,(H,31,37)(H,35,36). The SMILES string of the molecule is CC(C)(C)C(=O)NN(CCc1ncc(F)cc1C1CCCN1c1ccn2ncc(C(=O)O)c2n1)C1CC1. The molecule has 1 amide bonds. The highest BCUT2D eigenvalue weighted by Gasteiger charge is 2.34. The molecule has 5 rings (SSSR count). The van der Waals surface area contributed by atoms with Gasteiger partial charge in [0.05, 0.1) is 18.4 Å². The van der Waals surface area contributed by atoms with Gasteiger partial charge in [-0.05, 0) is 43.4 Å². The predicted octanol–water partition coefficient (Wildman–Crippen LogP) is 3.39. The highest BCUT2D eigenvalue weighted by Crippen LogP contribution is 2.37. The summed E-state index contributed by atoms with van der Waals surface area (Å²) in [5.74, 6) is -0.910. The third-order valence-electron chi connectivity index (χ3n) is 6.96. The molecule has 1 aliphatic carbocycles. The maximum atomic E-state index is 14.4. The van der Waals surface area contributed by atoms with Gasteiger partial charge in [0.2, 0.25) is 5.91 Å². The van der Waals surface area contributed by atoms with Crippen LogP contribution in [-0.4, -0.2) is 60.7 Å². The Balaban J connectivity index is 1.40. The third kappa shape index (κ3) is 5.27. The number of carboxylic acids is 1. The van der Waals surface area contributed by atoms with Crippen molar-refractivity contribution in [1.82, 2.24) is 30.0 Å². The van der Waals surface area contributed by atoms with E-state index in [1.807, 2.05) is 25.8 Å². The Hall–Kier alpha value is -3.60. The lowest BCUT2D eigenvalue weighted by Crippen LogP contribution is -2.49. The summed E-state index contributed by atoms with van der Waals surface area (Å²) in [4.78, 5) is 35.3. The molecule has 3 aromatic rings. The molecule has 37 heavy (non-hydrogen) atoms. The number of carboxylic acid groups (broad SMARTS) is 1. The smallest absolute Gasteiger partial charge is 0.341 e. The summed E-state index contributed by atoms with van der Waals surface area (Å²) in [7, 11) is 0. The van der Waals surface area contributed by atoms with Crippen LogP contribution in [-0.2, 0) is 11.2 Å². The highest BCUT2D eigenvalue weighted by molar-refractivity contribution is 5.94. The summed E-state index contributed by atoms with van der Waals surface area (Å²) in [6.45, 7) is 6.94. The lowest BCUT2D eigenvalue weighted by molar-refractivity contribution is -0.134. The normalized spacial score (nSPS) is 18.1. The average Bonchev–Trinajstić information content (AvgIpc) is 3.41. The first-order valence-corrected chi connectivity index (χ1v) is 12.7.